The van der Waals surface area contributed by atoms with Crippen molar-refractivity contribution in [3.05, 3.63) is 69.3 Å². The van der Waals surface area contributed by atoms with Crippen molar-refractivity contribution in [1.29, 1.82) is 0 Å². The van der Waals surface area contributed by atoms with E-state index in [0.29, 0.717) is 0 Å². The molecular formula is C24H36F2N2Zr. The van der Waals surface area contributed by atoms with E-state index in [1.54, 1.807) is 0 Å². The second kappa shape index (κ2) is 18.8. The van der Waals surface area contributed by atoms with Gasteiger partial charge in [-0.15, -0.1) is 24.5 Å². The molecule has 2 aromatic carbocycles. The van der Waals surface area contributed by atoms with Crippen molar-refractivity contribution in [2.75, 3.05) is 13.1 Å². The number of benzene rings is 2. The number of hydrogen-bond donors (Lipinski definition) is 0. The molecule has 0 atom stereocenters. The maximum atomic E-state index is 4.56. The molecule has 0 saturated carbocycles. The zero-order chi connectivity index (χ0) is 19.4. The van der Waals surface area contributed by atoms with Gasteiger partial charge in [-0.1, -0.05) is 87.1 Å². The molecule has 0 aliphatic rings. The summed E-state index contributed by atoms with van der Waals surface area (Å²) in [5, 5.41) is 9.11. The number of hydrogen-bond acceptors (Lipinski definition) is 0. The summed E-state index contributed by atoms with van der Waals surface area (Å²) in [6.45, 7) is 14.8. The maximum Gasteiger partial charge on any atom is 4.00 e. The minimum Gasteiger partial charge on any atom is -1.00 e. The SMILES string of the molecule is CCCC[N-]c1cccc(C)c1C.CCCC[N-]c1cccc(C)c1C.[F-].[F-].[Zr+4]. The molecule has 0 N–H and O–H groups in total. The first-order chi connectivity index (χ1) is 12.5. The number of halogens is 2. The minimum atomic E-state index is 0. The van der Waals surface area contributed by atoms with Crippen LogP contribution in [0.1, 0.15) is 61.8 Å². The van der Waals surface area contributed by atoms with E-state index in [4.69, 9.17) is 0 Å². The Bertz CT molecular complexity index is 606. The normalized spacial score (nSPS) is 9.03. The van der Waals surface area contributed by atoms with Gasteiger partial charge in [0.2, 0.25) is 0 Å². The van der Waals surface area contributed by atoms with Gasteiger partial charge >= 0.3 is 26.2 Å². The van der Waals surface area contributed by atoms with Crippen LogP contribution in [0.25, 0.3) is 10.6 Å². The second-order valence-electron chi connectivity index (χ2n) is 6.91. The molecule has 0 amide bonds. The Morgan fingerprint density at radius 2 is 0.966 bits per heavy atom. The Labute approximate surface area is 196 Å². The van der Waals surface area contributed by atoms with Gasteiger partial charge in [0, 0.05) is 0 Å². The van der Waals surface area contributed by atoms with E-state index in [1.165, 1.54) is 47.9 Å². The first-order valence-corrected chi connectivity index (χ1v) is 9.98. The van der Waals surface area contributed by atoms with Gasteiger partial charge in [0.15, 0.2) is 0 Å². The molecular weight excluding hydrogens is 445 g/mol. The average molecular weight is 482 g/mol. The molecule has 0 aromatic heterocycles. The Kier molecular flexibility index (Phi) is 21.0. The van der Waals surface area contributed by atoms with Gasteiger partial charge in [-0.05, 0) is 38.8 Å². The first kappa shape index (κ1) is 32.4. The summed E-state index contributed by atoms with van der Waals surface area (Å²) < 4.78 is 0. The quantitative estimate of drug-likeness (QED) is 0.518. The molecule has 2 rings (SSSR count). The number of unbranched alkanes of at least 4 members (excludes halogenated alkanes) is 2. The van der Waals surface area contributed by atoms with E-state index in [-0.39, 0.29) is 35.6 Å². The van der Waals surface area contributed by atoms with Gasteiger partial charge in [-0.2, -0.15) is 0 Å². The molecule has 0 heterocycles. The summed E-state index contributed by atoms with van der Waals surface area (Å²) in [7, 11) is 0. The largest absolute Gasteiger partial charge is 4.00 e. The van der Waals surface area contributed by atoms with Gasteiger partial charge < -0.3 is 20.0 Å². The van der Waals surface area contributed by atoms with Crippen LogP contribution >= 0.6 is 0 Å². The summed E-state index contributed by atoms with van der Waals surface area (Å²) in [5.41, 5.74) is 7.62. The summed E-state index contributed by atoms with van der Waals surface area (Å²) in [5.74, 6) is 0. The zero-order valence-electron chi connectivity index (χ0n) is 18.9. The van der Waals surface area contributed by atoms with E-state index in [1.807, 2.05) is 0 Å². The Morgan fingerprint density at radius 3 is 1.28 bits per heavy atom. The van der Waals surface area contributed by atoms with Gasteiger partial charge in [-0.25, -0.2) is 0 Å². The Balaban J connectivity index is -0.000000422. The van der Waals surface area contributed by atoms with Gasteiger partial charge in [0.25, 0.3) is 0 Å². The predicted molar refractivity (Wildman–Crippen MR) is 117 cm³/mol. The van der Waals surface area contributed by atoms with Crippen LogP contribution < -0.4 is 9.41 Å². The number of aryl methyl sites for hydroxylation is 2. The third-order valence-electron chi connectivity index (χ3n) is 4.74. The van der Waals surface area contributed by atoms with Crippen molar-refractivity contribution in [3.63, 3.8) is 0 Å². The fourth-order valence-electron chi connectivity index (χ4n) is 2.53. The number of nitrogens with zero attached hydrogens (tertiary/aromatic N) is 2. The summed E-state index contributed by atoms with van der Waals surface area (Å²) in [4.78, 5) is 0. The van der Waals surface area contributed by atoms with Crippen LogP contribution in [0.3, 0.4) is 0 Å². The minimum absolute atomic E-state index is 0. The van der Waals surface area contributed by atoms with Crippen LogP contribution in [0.4, 0.5) is 11.4 Å². The second-order valence-corrected chi connectivity index (χ2v) is 6.91. The van der Waals surface area contributed by atoms with Crippen LogP contribution in [0.15, 0.2) is 36.4 Å². The molecule has 29 heavy (non-hydrogen) atoms. The van der Waals surface area contributed by atoms with Crippen molar-refractivity contribution in [3.8, 4) is 0 Å². The molecule has 2 aromatic rings. The average Bonchev–Trinajstić information content (AvgIpc) is 2.63. The molecule has 0 unspecified atom stereocenters. The summed E-state index contributed by atoms with van der Waals surface area (Å²) >= 11 is 0. The van der Waals surface area contributed by atoms with Crippen molar-refractivity contribution < 1.29 is 35.6 Å². The summed E-state index contributed by atoms with van der Waals surface area (Å²) in [6.07, 6.45) is 4.81. The van der Waals surface area contributed by atoms with E-state index >= 15 is 0 Å². The third-order valence-corrected chi connectivity index (χ3v) is 4.74. The summed E-state index contributed by atoms with van der Waals surface area (Å²) in [6, 6.07) is 12.6. The van der Waals surface area contributed by atoms with E-state index in [2.05, 4.69) is 88.6 Å². The molecule has 0 spiro atoms. The molecule has 0 fully saturated rings. The standard InChI is InChI=1S/2C12H18N.2FH.Zr/c2*1-4-5-9-13-12-8-6-7-10(2)11(12)3;;;/h2*6-8H,4-5,9H2,1-3H3;2*1H;/q2*-1;;;+4/p-2. The molecule has 0 saturated heterocycles. The van der Waals surface area contributed by atoms with Crippen LogP contribution in [-0.2, 0) is 26.2 Å². The van der Waals surface area contributed by atoms with Crippen LogP contribution in [0.2, 0.25) is 0 Å². The van der Waals surface area contributed by atoms with Crippen molar-refractivity contribution >= 4 is 11.4 Å². The van der Waals surface area contributed by atoms with Gasteiger partial charge in [0.1, 0.15) is 0 Å². The van der Waals surface area contributed by atoms with Crippen LogP contribution in [-0.4, -0.2) is 13.1 Å². The zero-order valence-corrected chi connectivity index (χ0v) is 21.3. The topological polar surface area (TPSA) is 28.2 Å². The molecule has 5 heteroatoms. The van der Waals surface area contributed by atoms with Crippen molar-refractivity contribution in [1.82, 2.24) is 0 Å². The van der Waals surface area contributed by atoms with E-state index in [9.17, 15) is 0 Å². The van der Waals surface area contributed by atoms with Crippen LogP contribution in [0.5, 0.6) is 0 Å². The molecule has 0 radical (unpaired) electrons. The smallest absolute Gasteiger partial charge is 1.00 e. The molecule has 2 nitrogen and oxygen atoms in total. The fourth-order valence-corrected chi connectivity index (χ4v) is 2.53. The Hall–Kier alpha value is -1.22. The molecule has 160 valence electrons. The number of rotatable bonds is 8. The predicted octanol–water partition coefficient (Wildman–Crippen LogP) is 2.22. The Morgan fingerprint density at radius 1 is 0.621 bits per heavy atom. The molecule has 0 aliphatic carbocycles. The van der Waals surface area contributed by atoms with E-state index < -0.39 is 0 Å². The van der Waals surface area contributed by atoms with Gasteiger partial charge in [0.05, 0.1) is 0 Å². The third kappa shape index (κ3) is 12.2. The maximum absolute atomic E-state index is 4.56. The van der Waals surface area contributed by atoms with Gasteiger partial charge in [-0.3, -0.25) is 0 Å². The molecule has 0 aliphatic heterocycles. The van der Waals surface area contributed by atoms with Crippen molar-refractivity contribution in [2.45, 2.75) is 67.2 Å². The monoisotopic (exact) mass is 480 g/mol. The molecule has 0 bridgehead atoms. The first-order valence-electron chi connectivity index (χ1n) is 9.98. The van der Waals surface area contributed by atoms with Crippen molar-refractivity contribution in [2.24, 2.45) is 0 Å². The van der Waals surface area contributed by atoms with E-state index in [0.717, 1.165) is 24.5 Å². The fraction of sp³-hybridized carbons (Fsp3) is 0.500. The van der Waals surface area contributed by atoms with Crippen LogP contribution in [0, 0.1) is 27.7 Å².